The fourth-order valence-corrected chi connectivity index (χ4v) is 2.77. The Morgan fingerprint density at radius 2 is 1.81 bits per heavy atom. The van der Waals surface area contributed by atoms with E-state index in [1.807, 2.05) is 18.2 Å². The zero-order valence-electron chi connectivity index (χ0n) is 11.3. The number of hydrogen-bond acceptors (Lipinski definition) is 3. The third kappa shape index (κ3) is 4.15. The summed E-state index contributed by atoms with van der Waals surface area (Å²) in [4.78, 5) is 12.3. The van der Waals surface area contributed by atoms with E-state index in [0.717, 1.165) is 11.8 Å². The zero-order valence-corrected chi connectivity index (χ0v) is 13.7. The number of anilines is 1. The van der Waals surface area contributed by atoms with Gasteiger partial charge >= 0.3 is 0 Å². The lowest BCUT2D eigenvalue weighted by molar-refractivity contribution is 0.102. The summed E-state index contributed by atoms with van der Waals surface area (Å²) in [5.41, 5.74) is 2.16. The van der Waals surface area contributed by atoms with Gasteiger partial charge in [-0.05, 0) is 42.0 Å². The molecule has 21 heavy (non-hydrogen) atoms. The third-order valence-corrected chi connectivity index (χ3v) is 4.66. The Morgan fingerprint density at radius 3 is 2.38 bits per heavy atom. The molecular weight excluding hydrogens is 354 g/mol. The molecular formula is C15H14BrNO3S. The van der Waals surface area contributed by atoms with Crippen molar-refractivity contribution in [2.24, 2.45) is 0 Å². The molecule has 0 saturated heterocycles. The number of sulfone groups is 1. The maximum absolute atomic E-state index is 12.1. The van der Waals surface area contributed by atoms with Crippen LogP contribution in [0.5, 0.6) is 0 Å². The average Bonchev–Trinajstić information content (AvgIpc) is 2.46. The molecule has 0 heterocycles. The number of halogens is 1. The van der Waals surface area contributed by atoms with E-state index in [4.69, 9.17) is 0 Å². The highest BCUT2D eigenvalue weighted by molar-refractivity contribution is 9.08. The summed E-state index contributed by atoms with van der Waals surface area (Å²) >= 11 is 3.36. The number of carbonyl (C=O) groups excluding carboxylic acids is 1. The number of carbonyl (C=O) groups is 1. The van der Waals surface area contributed by atoms with Crippen LogP contribution in [0.25, 0.3) is 0 Å². The van der Waals surface area contributed by atoms with E-state index in [9.17, 15) is 13.2 Å². The molecule has 2 aromatic rings. The molecule has 0 radical (unpaired) electrons. The van der Waals surface area contributed by atoms with Gasteiger partial charge in [0.1, 0.15) is 0 Å². The van der Waals surface area contributed by atoms with E-state index in [-0.39, 0.29) is 10.8 Å². The Labute approximate surface area is 132 Å². The molecule has 0 aromatic heterocycles. The number of rotatable bonds is 4. The third-order valence-electron chi connectivity index (χ3n) is 2.88. The molecule has 0 bridgehead atoms. The standard InChI is InChI=1S/C15H14BrNO3S/c1-21(19,20)14-7-5-12(6-8-14)15(18)17-13-4-2-3-11(9-13)10-16/h2-9H,10H2,1H3,(H,17,18). The number of benzene rings is 2. The van der Waals surface area contributed by atoms with Crippen molar-refractivity contribution in [1.29, 1.82) is 0 Å². The van der Waals surface area contributed by atoms with Gasteiger partial charge in [0.15, 0.2) is 9.84 Å². The second-order valence-electron chi connectivity index (χ2n) is 4.58. The Hall–Kier alpha value is -1.66. The highest BCUT2D eigenvalue weighted by Gasteiger charge is 2.10. The molecule has 0 fully saturated rings. The van der Waals surface area contributed by atoms with Gasteiger partial charge in [-0.1, -0.05) is 28.1 Å². The topological polar surface area (TPSA) is 63.2 Å². The monoisotopic (exact) mass is 367 g/mol. The molecule has 2 aromatic carbocycles. The summed E-state index contributed by atoms with van der Waals surface area (Å²) in [6.07, 6.45) is 1.13. The minimum absolute atomic E-state index is 0.195. The SMILES string of the molecule is CS(=O)(=O)c1ccc(C(=O)Nc2cccc(CBr)c2)cc1. The number of alkyl halides is 1. The lowest BCUT2D eigenvalue weighted by Gasteiger charge is -2.07. The second-order valence-corrected chi connectivity index (χ2v) is 7.16. The molecule has 0 saturated carbocycles. The van der Waals surface area contributed by atoms with Crippen LogP contribution in [-0.4, -0.2) is 20.6 Å². The van der Waals surface area contributed by atoms with E-state index >= 15 is 0 Å². The normalized spacial score (nSPS) is 11.1. The minimum Gasteiger partial charge on any atom is -0.322 e. The van der Waals surface area contributed by atoms with Gasteiger partial charge in [0, 0.05) is 22.8 Å². The van der Waals surface area contributed by atoms with Crippen molar-refractivity contribution < 1.29 is 13.2 Å². The van der Waals surface area contributed by atoms with Gasteiger partial charge in [0.05, 0.1) is 4.90 Å². The number of amides is 1. The maximum Gasteiger partial charge on any atom is 0.255 e. The molecule has 4 nitrogen and oxygen atoms in total. The van der Waals surface area contributed by atoms with Crippen LogP contribution < -0.4 is 5.32 Å². The van der Waals surface area contributed by atoms with Crippen molar-refractivity contribution in [3.8, 4) is 0 Å². The molecule has 6 heteroatoms. The first-order chi connectivity index (χ1) is 9.90. The van der Waals surface area contributed by atoms with Crippen molar-refractivity contribution in [1.82, 2.24) is 0 Å². The summed E-state index contributed by atoms with van der Waals surface area (Å²) < 4.78 is 22.7. The van der Waals surface area contributed by atoms with Crippen LogP contribution >= 0.6 is 15.9 Å². The van der Waals surface area contributed by atoms with Gasteiger partial charge in [0.2, 0.25) is 0 Å². The molecule has 0 spiro atoms. The highest BCUT2D eigenvalue weighted by Crippen LogP contribution is 2.15. The van der Waals surface area contributed by atoms with Crippen LogP contribution in [0, 0.1) is 0 Å². The minimum atomic E-state index is -3.25. The summed E-state index contributed by atoms with van der Waals surface area (Å²) in [7, 11) is -3.25. The predicted octanol–water partition coefficient (Wildman–Crippen LogP) is 3.24. The number of nitrogens with one attached hydrogen (secondary N) is 1. The van der Waals surface area contributed by atoms with Crippen LogP contribution in [0.2, 0.25) is 0 Å². The summed E-state index contributed by atoms with van der Waals surface area (Å²) in [5, 5.41) is 3.49. The largest absolute Gasteiger partial charge is 0.322 e. The molecule has 0 unspecified atom stereocenters. The van der Waals surface area contributed by atoms with Crippen molar-refractivity contribution in [2.45, 2.75) is 10.2 Å². The van der Waals surface area contributed by atoms with E-state index in [1.54, 1.807) is 6.07 Å². The molecule has 0 atom stereocenters. The van der Waals surface area contributed by atoms with E-state index in [0.29, 0.717) is 16.6 Å². The van der Waals surface area contributed by atoms with Gasteiger partial charge < -0.3 is 5.32 Å². The molecule has 0 aliphatic carbocycles. The lowest BCUT2D eigenvalue weighted by atomic mass is 10.2. The summed E-state index contributed by atoms with van der Waals surface area (Å²) in [6, 6.07) is 13.3. The van der Waals surface area contributed by atoms with Crippen LogP contribution in [0.1, 0.15) is 15.9 Å². The maximum atomic E-state index is 12.1. The van der Waals surface area contributed by atoms with Gasteiger partial charge in [0.25, 0.3) is 5.91 Å². The van der Waals surface area contributed by atoms with Crippen LogP contribution in [0.3, 0.4) is 0 Å². The zero-order chi connectivity index (χ0) is 15.5. The summed E-state index contributed by atoms with van der Waals surface area (Å²) in [5.74, 6) is -0.276. The van der Waals surface area contributed by atoms with Gasteiger partial charge in [-0.25, -0.2) is 8.42 Å². The molecule has 110 valence electrons. The quantitative estimate of drug-likeness (QED) is 0.843. The van der Waals surface area contributed by atoms with Gasteiger partial charge in [-0.3, -0.25) is 4.79 Å². The Balaban J connectivity index is 2.16. The van der Waals surface area contributed by atoms with E-state index < -0.39 is 9.84 Å². The first-order valence-corrected chi connectivity index (χ1v) is 9.18. The average molecular weight is 368 g/mol. The van der Waals surface area contributed by atoms with Crippen LogP contribution in [-0.2, 0) is 15.2 Å². The van der Waals surface area contributed by atoms with Crippen LogP contribution in [0.4, 0.5) is 5.69 Å². The Morgan fingerprint density at radius 1 is 1.14 bits per heavy atom. The van der Waals surface area contributed by atoms with Crippen molar-refractivity contribution in [3.05, 3.63) is 59.7 Å². The lowest BCUT2D eigenvalue weighted by Crippen LogP contribution is -2.12. The first kappa shape index (κ1) is 15.7. The fraction of sp³-hybridized carbons (Fsp3) is 0.133. The Bertz CT molecular complexity index is 755. The van der Waals surface area contributed by atoms with Crippen molar-refractivity contribution >= 4 is 37.4 Å². The van der Waals surface area contributed by atoms with Crippen molar-refractivity contribution in [2.75, 3.05) is 11.6 Å². The second kappa shape index (κ2) is 6.41. The smallest absolute Gasteiger partial charge is 0.255 e. The molecule has 0 aliphatic rings. The fourth-order valence-electron chi connectivity index (χ4n) is 1.79. The van der Waals surface area contributed by atoms with Gasteiger partial charge in [-0.2, -0.15) is 0 Å². The molecule has 1 N–H and O–H groups in total. The molecule has 0 aliphatic heterocycles. The first-order valence-electron chi connectivity index (χ1n) is 6.16. The predicted molar refractivity (Wildman–Crippen MR) is 86.6 cm³/mol. The molecule has 2 rings (SSSR count). The Kier molecular flexibility index (Phi) is 4.80. The van der Waals surface area contributed by atoms with Crippen LogP contribution in [0.15, 0.2) is 53.4 Å². The highest BCUT2D eigenvalue weighted by atomic mass is 79.9. The van der Waals surface area contributed by atoms with Gasteiger partial charge in [-0.15, -0.1) is 0 Å². The van der Waals surface area contributed by atoms with E-state index in [1.165, 1.54) is 24.3 Å². The van der Waals surface area contributed by atoms with E-state index in [2.05, 4.69) is 21.2 Å². The van der Waals surface area contributed by atoms with Crippen molar-refractivity contribution in [3.63, 3.8) is 0 Å². The molecule has 1 amide bonds. The number of hydrogen-bond donors (Lipinski definition) is 1. The summed E-state index contributed by atoms with van der Waals surface area (Å²) in [6.45, 7) is 0.